The Kier molecular flexibility index (Phi) is 7.49. The molecule has 24 heavy (non-hydrogen) atoms. The maximum absolute atomic E-state index is 11.3. The summed E-state index contributed by atoms with van der Waals surface area (Å²) in [6, 6.07) is 6.89. The summed E-state index contributed by atoms with van der Waals surface area (Å²) in [6.45, 7) is 9.07. The molecule has 0 bridgehead atoms. The van der Waals surface area contributed by atoms with E-state index in [0.29, 0.717) is 36.7 Å². The Bertz CT molecular complexity index is 495. The quantitative estimate of drug-likeness (QED) is 0.554. The van der Waals surface area contributed by atoms with Gasteiger partial charge in [-0.15, -0.1) is 0 Å². The number of benzene rings is 1. The molecule has 0 aromatic heterocycles. The summed E-state index contributed by atoms with van der Waals surface area (Å²) in [6.07, 6.45) is 0.639. The molecule has 1 aliphatic heterocycles. The first kappa shape index (κ1) is 18.7. The lowest BCUT2D eigenvalue weighted by molar-refractivity contribution is -0.915. The molecule has 6 nitrogen and oxygen atoms in total. The van der Waals surface area contributed by atoms with Crippen molar-refractivity contribution in [3.05, 3.63) is 29.8 Å². The van der Waals surface area contributed by atoms with Gasteiger partial charge in [0.1, 0.15) is 44.2 Å². The third-order valence-corrected chi connectivity index (χ3v) is 3.99. The summed E-state index contributed by atoms with van der Waals surface area (Å²) in [5.74, 6) is 0.367. The van der Waals surface area contributed by atoms with E-state index in [4.69, 9.17) is 14.2 Å². The third-order valence-electron chi connectivity index (χ3n) is 3.99. The van der Waals surface area contributed by atoms with Gasteiger partial charge in [-0.25, -0.2) is 4.79 Å². The molecule has 134 valence electrons. The second kappa shape index (κ2) is 9.61. The highest BCUT2D eigenvalue weighted by molar-refractivity contribution is 5.89. The molecular formula is C18H28NO5+. The van der Waals surface area contributed by atoms with Crippen LogP contribution in [0.25, 0.3) is 0 Å². The maximum atomic E-state index is 11.3. The number of nitrogens with one attached hydrogen (secondary N) is 1. The van der Waals surface area contributed by atoms with Crippen molar-refractivity contribution in [3.63, 3.8) is 0 Å². The van der Waals surface area contributed by atoms with Crippen molar-refractivity contribution in [1.82, 2.24) is 0 Å². The van der Waals surface area contributed by atoms with Gasteiger partial charge < -0.3 is 23.8 Å². The van der Waals surface area contributed by atoms with Gasteiger partial charge in [0, 0.05) is 0 Å². The molecule has 0 spiro atoms. The predicted octanol–water partition coefficient (Wildman–Crippen LogP) is 0.561. The standard InChI is InChI=1S/C18H27NO5/c1-14-12-19(13-15(2)24-14)8-9-22-10-11-23-17-6-4-16(5-7-17)18(20)21-3/h4-7,14-15H,8-13H2,1-3H3/p+1/t14-,15+. The van der Waals surface area contributed by atoms with E-state index in [1.165, 1.54) is 12.0 Å². The number of esters is 1. The van der Waals surface area contributed by atoms with Crippen molar-refractivity contribution in [3.8, 4) is 5.75 Å². The SMILES string of the molecule is COC(=O)c1ccc(OCCOCC[NH+]2C[C@@H](C)O[C@@H](C)C2)cc1. The number of hydrogen-bond acceptors (Lipinski definition) is 5. The topological polar surface area (TPSA) is 58.4 Å². The van der Waals surface area contributed by atoms with Gasteiger partial charge >= 0.3 is 5.97 Å². The van der Waals surface area contributed by atoms with Crippen molar-refractivity contribution in [2.24, 2.45) is 0 Å². The monoisotopic (exact) mass is 338 g/mol. The molecule has 1 unspecified atom stereocenters. The van der Waals surface area contributed by atoms with E-state index in [9.17, 15) is 4.79 Å². The number of rotatable bonds is 8. The minimum Gasteiger partial charge on any atom is -0.491 e. The lowest BCUT2D eigenvalue weighted by atomic mass is 10.2. The fourth-order valence-electron chi connectivity index (χ4n) is 2.94. The summed E-state index contributed by atoms with van der Waals surface area (Å²) in [5, 5.41) is 0. The number of carbonyl (C=O) groups excluding carboxylic acids is 1. The maximum Gasteiger partial charge on any atom is 0.337 e. The highest BCUT2D eigenvalue weighted by atomic mass is 16.5. The van der Waals surface area contributed by atoms with Gasteiger partial charge in [-0.2, -0.15) is 0 Å². The van der Waals surface area contributed by atoms with E-state index in [1.54, 1.807) is 24.3 Å². The highest BCUT2D eigenvalue weighted by Gasteiger charge is 2.24. The van der Waals surface area contributed by atoms with E-state index in [0.717, 1.165) is 26.2 Å². The number of morpholine rings is 1. The lowest BCUT2D eigenvalue weighted by Crippen LogP contribution is -3.15. The molecule has 0 aliphatic carbocycles. The molecule has 1 heterocycles. The largest absolute Gasteiger partial charge is 0.491 e. The summed E-state index contributed by atoms with van der Waals surface area (Å²) in [5.41, 5.74) is 0.512. The van der Waals surface area contributed by atoms with Crippen molar-refractivity contribution in [2.75, 3.05) is 46.6 Å². The molecule has 0 amide bonds. The van der Waals surface area contributed by atoms with Crippen molar-refractivity contribution in [2.45, 2.75) is 26.1 Å². The lowest BCUT2D eigenvalue weighted by Gasteiger charge is -2.32. The van der Waals surface area contributed by atoms with Crippen LogP contribution in [0.2, 0.25) is 0 Å². The van der Waals surface area contributed by atoms with Gasteiger partial charge in [-0.05, 0) is 38.1 Å². The van der Waals surface area contributed by atoms with E-state index in [-0.39, 0.29) is 5.97 Å². The van der Waals surface area contributed by atoms with Crippen molar-refractivity contribution in [1.29, 1.82) is 0 Å². The normalized spacial score (nSPS) is 23.7. The van der Waals surface area contributed by atoms with Crippen LogP contribution in [-0.2, 0) is 14.2 Å². The fraction of sp³-hybridized carbons (Fsp3) is 0.611. The van der Waals surface area contributed by atoms with Gasteiger partial charge in [0.05, 0.1) is 25.9 Å². The first-order valence-corrected chi connectivity index (χ1v) is 8.46. The van der Waals surface area contributed by atoms with Crippen LogP contribution in [0, 0.1) is 0 Å². The van der Waals surface area contributed by atoms with Gasteiger partial charge in [-0.3, -0.25) is 0 Å². The first-order chi connectivity index (χ1) is 11.6. The Morgan fingerprint density at radius 3 is 2.42 bits per heavy atom. The molecule has 1 aromatic carbocycles. The second-order valence-corrected chi connectivity index (χ2v) is 6.14. The van der Waals surface area contributed by atoms with Crippen LogP contribution in [0.15, 0.2) is 24.3 Å². The Morgan fingerprint density at radius 1 is 1.12 bits per heavy atom. The average Bonchev–Trinajstić information content (AvgIpc) is 2.57. The highest BCUT2D eigenvalue weighted by Crippen LogP contribution is 2.12. The smallest absolute Gasteiger partial charge is 0.337 e. The molecule has 1 aliphatic rings. The van der Waals surface area contributed by atoms with Crippen LogP contribution in [0.1, 0.15) is 24.2 Å². The molecule has 2 rings (SSSR count). The molecule has 3 atom stereocenters. The van der Waals surface area contributed by atoms with Crippen LogP contribution in [0.3, 0.4) is 0 Å². The molecular weight excluding hydrogens is 310 g/mol. The Hall–Kier alpha value is -1.63. The van der Waals surface area contributed by atoms with Crippen LogP contribution in [0.4, 0.5) is 0 Å². The fourth-order valence-corrected chi connectivity index (χ4v) is 2.94. The average molecular weight is 338 g/mol. The predicted molar refractivity (Wildman–Crippen MR) is 89.7 cm³/mol. The Balaban J connectivity index is 1.57. The molecule has 0 radical (unpaired) electrons. The van der Waals surface area contributed by atoms with Crippen LogP contribution in [0.5, 0.6) is 5.75 Å². The van der Waals surface area contributed by atoms with Crippen LogP contribution in [-0.4, -0.2) is 64.7 Å². The minimum atomic E-state index is -0.348. The molecule has 1 saturated heterocycles. The van der Waals surface area contributed by atoms with Gasteiger partial charge in [0.15, 0.2) is 0 Å². The van der Waals surface area contributed by atoms with E-state index in [1.807, 2.05) is 0 Å². The first-order valence-electron chi connectivity index (χ1n) is 8.46. The van der Waals surface area contributed by atoms with Gasteiger partial charge in [0.25, 0.3) is 0 Å². The van der Waals surface area contributed by atoms with Crippen molar-refractivity contribution < 1.29 is 28.6 Å². The summed E-state index contributed by atoms with van der Waals surface area (Å²) in [7, 11) is 1.37. The number of methoxy groups -OCH3 is 1. The zero-order valence-electron chi connectivity index (χ0n) is 14.7. The molecule has 1 fully saturated rings. The van der Waals surface area contributed by atoms with E-state index >= 15 is 0 Å². The summed E-state index contributed by atoms with van der Waals surface area (Å²) < 4.78 is 21.6. The number of carbonyl (C=O) groups is 1. The van der Waals surface area contributed by atoms with E-state index in [2.05, 4.69) is 18.6 Å². The Labute approximate surface area is 143 Å². The van der Waals surface area contributed by atoms with Gasteiger partial charge in [0.2, 0.25) is 0 Å². The third kappa shape index (κ3) is 6.11. The second-order valence-electron chi connectivity index (χ2n) is 6.14. The Morgan fingerprint density at radius 2 is 1.79 bits per heavy atom. The zero-order valence-corrected chi connectivity index (χ0v) is 14.7. The molecule has 6 heteroatoms. The molecule has 1 aromatic rings. The van der Waals surface area contributed by atoms with Crippen LogP contribution >= 0.6 is 0 Å². The summed E-state index contributed by atoms with van der Waals surface area (Å²) in [4.78, 5) is 12.9. The van der Waals surface area contributed by atoms with Crippen LogP contribution < -0.4 is 9.64 Å². The number of ether oxygens (including phenoxy) is 4. The summed E-state index contributed by atoms with van der Waals surface area (Å²) >= 11 is 0. The number of hydrogen-bond donors (Lipinski definition) is 1. The number of quaternary nitrogens is 1. The minimum absolute atomic E-state index is 0.319. The van der Waals surface area contributed by atoms with E-state index < -0.39 is 0 Å². The molecule has 0 saturated carbocycles. The van der Waals surface area contributed by atoms with Gasteiger partial charge in [-0.1, -0.05) is 0 Å². The van der Waals surface area contributed by atoms with Crippen molar-refractivity contribution >= 4 is 5.97 Å². The molecule has 1 N–H and O–H groups in total. The zero-order chi connectivity index (χ0) is 17.4.